The molecule has 0 aliphatic heterocycles. The minimum atomic E-state index is -0.332. The van der Waals surface area contributed by atoms with Crippen molar-refractivity contribution in [2.45, 2.75) is 20.8 Å². The standard InChI is InChI=1S/C11H13Cl/c1-7-5-8(2)11(10(4)12)9(3)6-7/h5-6H,4H2,1-3H3/i4D2. The second-order valence-electron chi connectivity index (χ2n) is 3.09. The first-order chi connectivity index (χ1) is 6.43. The lowest BCUT2D eigenvalue weighted by Crippen LogP contribution is -1.90. The predicted octanol–water partition coefficient (Wildman–Crippen LogP) is 3.82. The van der Waals surface area contributed by atoms with Crippen LogP contribution in [0.3, 0.4) is 0 Å². The lowest BCUT2D eigenvalue weighted by molar-refractivity contribution is 1.30. The van der Waals surface area contributed by atoms with Gasteiger partial charge in [-0.25, -0.2) is 0 Å². The molecule has 0 spiro atoms. The highest BCUT2D eigenvalue weighted by molar-refractivity contribution is 6.48. The maximum Gasteiger partial charge on any atom is 0.0554 e. The molecule has 12 heavy (non-hydrogen) atoms. The van der Waals surface area contributed by atoms with Gasteiger partial charge in [-0.2, -0.15) is 0 Å². The highest BCUT2D eigenvalue weighted by atomic mass is 35.5. The minimum absolute atomic E-state index is 0.222. The first-order valence-corrected chi connectivity index (χ1v) is 4.22. The van der Waals surface area contributed by atoms with Crippen molar-refractivity contribution in [2.24, 2.45) is 0 Å². The second kappa shape index (κ2) is 3.32. The summed E-state index contributed by atoms with van der Waals surface area (Å²) in [6, 6.07) is 4.02. The highest BCUT2D eigenvalue weighted by Crippen LogP contribution is 2.25. The lowest BCUT2D eigenvalue weighted by atomic mass is 10.00. The quantitative estimate of drug-likeness (QED) is 0.620. The molecule has 0 fully saturated rings. The average Bonchev–Trinajstić information content (AvgIpc) is 2.01. The van der Waals surface area contributed by atoms with E-state index in [9.17, 15) is 0 Å². The van der Waals surface area contributed by atoms with Crippen molar-refractivity contribution in [3.8, 4) is 0 Å². The fourth-order valence-corrected chi connectivity index (χ4v) is 1.82. The van der Waals surface area contributed by atoms with Crippen LogP contribution < -0.4 is 0 Å². The molecule has 1 heteroatoms. The van der Waals surface area contributed by atoms with Gasteiger partial charge in [-0.05, 0) is 37.5 Å². The van der Waals surface area contributed by atoms with Crippen molar-refractivity contribution in [2.75, 3.05) is 0 Å². The third-order valence-electron chi connectivity index (χ3n) is 1.90. The Kier molecular flexibility index (Phi) is 1.86. The monoisotopic (exact) mass is 182 g/mol. The summed E-state index contributed by atoms with van der Waals surface area (Å²) in [5, 5.41) is 0.222. The maximum atomic E-state index is 7.18. The largest absolute Gasteiger partial charge is 0.0843 e. The van der Waals surface area contributed by atoms with E-state index in [1.54, 1.807) is 0 Å². The summed E-state index contributed by atoms with van der Waals surface area (Å²) in [5.41, 5.74) is 4.02. The van der Waals surface area contributed by atoms with Crippen LogP contribution in [0.15, 0.2) is 18.7 Å². The molecule has 0 heterocycles. The normalized spacial score (nSPS) is 12.0. The molecule has 0 aromatic heterocycles. The second-order valence-corrected chi connectivity index (χ2v) is 3.47. The van der Waals surface area contributed by atoms with Crippen LogP contribution in [0.2, 0.25) is 0 Å². The van der Waals surface area contributed by atoms with Crippen LogP contribution in [0.25, 0.3) is 5.03 Å². The van der Waals surface area contributed by atoms with Crippen LogP contribution in [0.4, 0.5) is 0 Å². The summed E-state index contributed by atoms with van der Waals surface area (Å²) in [5.74, 6) is 0. The molecule has 1 rings (SSSR count). The third-order valence-corrected chi connectivity index (χ3v) is 2.09. The Labute approximate surface area is 81.7 Å². The van der Waals surface area contributed by atoms with Gasteiger partial charge in [0.1, 0.15) is 0 Å². The predicted molar refractivity (Wildman–Crippen MR) is 55.5 cm³/mol. The Morgan fingerprint density at radius 1 is 1.33 bits per heavy atom. The molecular weight excluding hydrogens is 168 g/mol. The molecule has 0 atom stereocenters. The zero-order chi connectivity index (χ0) is 10.9. The Morgan fingerprint density at radius 2 is 1.83 bits per heavy atom. The van der Waals surface area contributed by atoms with Crippen molar-refractivity contribution in [1.82, 2.24) is 0 Å². The van der Waals surface area contributed by atoms with Crippen molar-refractivity contribution < 1.29 is 2.74 Å². The molecule has 0 aliphatic carbocycles. The zero-order valence-electron chi connectivity index (χ0n) is 9.53. The lowest BCUT2D eigenvalue weighted by Gasteiger charge is -2.08. The average molecular weight is 183 g/mol. The van der Waals surface area contributed by atoms with E-state index in [1.807, 2.05) is 32.9 Å². The van der Waals surface area contributed by atoms with Gasteiger partial charge in [0, 0.05) is 5.03 Å². The molecule has 1 aromatic rings. The van der Waals surface area contributed by atoms with Crippen LogP contribution in [0.1, 0.15) is 25.0 Å². The van der Waals surface area contributed by atoms with Gasteiger partial charge in [0.05, 0.1) is 2.74 Å². The van der Waals surface area contributed by atoms with Crippen molar-refractivity contribution in [3.05, 3.63) is 40.9 Å². The molecule has 64 valence electrons. The van der Waals surface area contributed by atoms with Crippen LogP contribution in [-0.2, 0) is 0 Å². The van der Waals surface area contributed by atoms with Crippen molar-refractivity contribution in [3.63, 3.8) is 0 Å². The molecular formula is C11H13Cl. The summed E-state index contributed by atoms with van der Waals surface area (Å²) >= 11 is 5.91. The van der Waals surface area contributed by atoms with Gasteiger partial charge >= 0.3 is 0 Å². The Morgan fingerprint density at radius 3 is 2.25 bits per heavy atom. The van der Waals surface area contributed by atoms with Gasteiger partial charge in [0.15, 0.2) is 0 Å². The smallest absolute Gasteiger partial charge is 0.0554 e. The molecule has 0 saturated heterocycles. The number of hydrogen-bond acceptors (Lipinski definition) is 0. The molecule has 0 aliphatic rings. The van der Waals surface area contributed by atoms with Gasteiger partial charge in [-0.3, -0.25) is 0 Å². The van der Waals surface area contributed by atoms with E-state index in [0.29, 0.717) is 0 Å². The van der Waals surface area contributed by atoms with E-state index >= 15 is 0 Å². The SMILES string of the molecule is [2H]C([2H])=C(Cl)c1c(C)cc(C)cc1C. The Hall–Kier alpha value is -0.750. The number of hydrogen-bond donors (Lipinski definition) is 0. The van der Waals surface area contributed by atoms with Crippen molar-refractivity contribution >= 4 is 16.6 Å². The minimum Gasteiger partial charge on any atom is -0.0843 e. The summed E-state index contributed by atoms with van der Waals surface area (Å²) in [7, 11) is 0. The van der Waals surface area contributed by atoms with E-state index in [0.717, 1.165) is 16.7 Å². The van der Waals surface area contributed by atoms with Crippen molar-refractivity contribution in [1.29, 1.82) is 0 Å². The van der Waals surface area contributed by atoms with Gasteiger partial charge in [0.25, 0.3) is 0 Å². The molecule has 0 nitrogen and oxygen atoms in total. The maximum absolute atomic E-state index is 7.18. The topological polar surface area (TPSA) is 0 Å². The summed E-state index contributed by atoms with van der Waals surface area (Å²) < 4.78 is 14.4. The van der Waals surface area contributed by atoms with Gasteiger partial charge in [-0.1, -0.05) is 35.8 Å². The number of benzene rings is 1. The third kappa shape index (κ3) is 1.70. The van der Waals surface area contributed by atoms with E-state index < -0.39 is 0 Å². The van der Waals surface area contributed by atoms with Crippen LogP contribution >= 0.6 is 11.6 Å². The fourth-order valence-electron chi connectivity index (χ4n) is 1.53. The van der Waals surface area contributed by atoms with Crippen LogP contribution in [0.5, 0.6) is 0 Å². The molecule has 0 saturated carbocycles. The van der Waals surface area contributed by atoms with E-state index in [4.69, 9.17) is 14.3 Å². The molecule has 0 radical (unpaired) electrons. The van der Waals surface area contributed by atoms with Crippen LogP contribution in [0, 0.1) is 20.8 Å². The molecule has 0 amide bonds. The first kappa shape index (κ1) is 6.73. The Balaban J connectivity index is 3.43. The van der Waals surface area contributed by atoms with E-state index in [2.05, 4.69) is 0 Å². The van der Waals surface area contributed by atoms with E-state index in [-0.39, 0.29) is 11.6 Å². The summed E-state index contributed by atoms with van der Waals surface area (Å²) in [6.45, 7) is 5.58. The summed E-state index contributed by atoms with van der Waals surface area (Å²) in [6.07, 6.45) is 0. The van der Waals surface area contributed by atoms with Gasteiger partial charge in [0.2, 0.25) is 0 Å². The first-order valence-electron chi connectivity index (χ1n) is 4.84. The van der Waals surface area contributed by atoms with Gasteiger partial charge < -0.3 is 0 Å². The molecule has 0 unspecified atom stereocenters. The number of aryl methyl sites for hydroxylation is 3. The van der Waals surface area contributed by atoms with Crippen LogP contribution in [-0.4, -0.2) is 0 Å². The highest BCUT2D eigenvalue weighted by Gasteiger charge is 2.04. The van der Waals surface area contributed by atoms with Gasteiger partial charge in [-0.15, -0.1) is 0 Å². The fraction of sp³-hybridized carbons (Fsp3) is 0.273. The zero-order valence-corrected chi connectivity index (χ0v) is 8.29. The number of rotatable bonds is 1. The van der Waals surface area contributed by atoms with E-state index in [1.165, 1.54) is 5.56 Å². The molecule has 0 N–H and O–H groups in total. The number of halogens is 1. The molecule has 0 bridgehead atoms. The Bertz CT molecular complexity index is 367. The summed E-state index contributed by atoms with van der Waals surface area (Å²) in [4.78, 5) is 0. The molecule has 1 aromatic carbocycles.